The number of hydrogen-bond acceptors (Lipinski definition) is 6. The van der Waals surface area contributed by atoms with E-state index in [0.29, 0.717) is 43.0 Å². The molecule has 2 aromatic carbocycles. The van der Waals surface area contributed by atoms with Crippen LogP contribution < -0.4 is 0 Å². The summed E-state index contributed by atoms with van der Waals surface area (Å²) in [6.07, 6.45) is 6.17. The molecule has 5 rings (SSSR count). The molecule has 2 fully saturated rings. The topological polar surface area (TPSA) is 69.0 Å². The summed E-state index contributed by atoms with van der Waals surface area (Å²) in [6, 6.07) is 13.2. The molecule has 3 aliphatic rings. The highest BCUT2D eigenvalue weighted by molar-refractivity contribution is 8.06. The lowest BCUT2D eigenvalue weighted by Gasteiger charge is -2.34. The number of amides is 1. The van der Waals surface area contributed by atoms with Crippen molar-refractivity contribution in [2.24, 2.45) is 4.99 Å². The molecular weight excluding hydrogens is 602 g/mol. The fourth-order valence-corrected chi connectivity index (χ4v) is 6.75. The van der Waals surface area contributed by atoms with Crippen LogP contribution >= 0.6 is 23.4 Å². The van der Waals surface area contributed by atoms with Crippen LogP contribution in [0.3, 0.4) is 0 Å². The zero-order valence-electron chi connectivity index (χ0n) is 24.9. The first-order valence-corrected chi connectivity index (χ1v) is 15.8. The lowest BCUT2D eigenvalue weighted by Crippen LogP contribution is -2.40. The summed E-state index contributed by atoms with van der Waals surface area (Å²) < 4.78 is 34.0. The van der Waals surface area contributed by atoms with Crippen LogP contribution in [0.2, 0.25) is 5.02 Å². The Bertz CT molecular complexity index is 1590. The lowest BCUT2D eigenvalue weighted by molar-refractivity contribution is 0.0685. The molecule has 3 aliphatic heterocycles. The smallest absolute Gasteiger partial charge is 0.410 e. The van der Waals surface area contributed by atoms with Gasteiger partial charge in [-0.1, -0.05) is 78.0 Å². The molecule has 1 amide bonds. The van der Waals surface area contributed by atoms with Crippen LogP contribution in [-0.2, 0) is 11.3 Å². The molecule has 0 radical (unpaired) electrons. The van der Waals surface area contributed by atoms with Gasteiger partial charge in [0.05, 0.1) is 18.8 Å². The van der Waals surface area contributed by atoms with Crippen LogP contribution in [0, 0.1) is 11.2 Å². The summed E-state index contributed by atoms with van der Waals surface area (Å²) in [5.74, 6) is 0.179. The van der Waals surface area contributed by atoms with Crippen molar-refractivity contribution in [3.63, 3.8) is 0 Å². The van der Waals surface area contributed by atoms with Crippen molar-refractivity contribution in [2.75, 3.05) is 13.1 Å². The maximum Gasteiger partial charge on any atom is 0.410 e. The van der Waals surface area contributed by atoms with E-state index in [1.54, 1.807) is 23.1 Å². The number of carbonyl (C=O) groups is 1. The Morgan fingerprint density at radius 3 is 2.70 bits per heavy atom. The van der Waals surface area contributed by atoms with E-state index < -0.39 is 29.7 Å². The molecule has 6 nitrogen and oxygen atoms in total. The molecule has 10 heteroatoms. The number of rotatable bonds is 10. The Balaban J connectivity index is 1.62. The number of nitrogens with zero attached hydrogens (tertiary/aromatic N) is 3. The lowest BCUT2D eigenvalue weighted by atomic mass is 9.89. The molecule has 2 unspecified atom stereocenters. The van der Waals surface area contributed by atoms with Gasteiger partial charge in [0.15, 0.2) is 5.60 Å². The van der Waals surface area contributed by atoms with E-state index in [9.17, 15) is 13.6 Å². The standard InChI is InChI=1S/C34H35ClF2N4O2S/c1-4-16-44-29(5-2)32-39-31(25-15-14-24(37)17-26(25)35)30(27(38)13-9-10-22(3)36)28-18-34(21-41(28)32)20-40(33(42)43-34)19-23-11-7-6-8-12-23/h4-9,11-17,22,31,38H,10,18-21H2,1-3H3/b13-9-,16-4-,29-5?,38-27?/t22?,31-,34?/m0/s1. The Morgan fingerprint density at radius 1 is 1.25 bits per heavy atom. The molecule has 0 aliphatic carbocycles. The molecule has 3 heterocycles. The number of benzene rings is 2. The highest BCUT2D eigenvalue weighted by Gasteiger charge is 2.54. The van der Waals surface area contributed by atoms with Gasteiger partial charge in [-0.2, -0.15) is 0 Å². The number of amidine groups is 1. The highest BCUT2D eigenvalue weighted by Crippen LogP contribution is 2.48. The van der Waals surface area contributed by atoms with Crippen LogP contribution in [0.5, 0.6) is 0 Å². The number of fused-ring (bicyclic) bond motifs is 1. The van der Waals surface area contributed by atoms with Gasteiger partial charge in [-0.05, 0) is 56.4 Å². The zero-order valence-corrected chi connectivity index (χ0v) is 26.5. The maximum absolute atomic E-state index is 14.2. The van der Waals surface area contributed by atoms with Crippen molar-refractivity contribution < 1.29 is 18.3 Å². The van der Waals surface area contributed by atoms with Gasteiger partial charge in [-0.25, -0.2) is 13.6 Å². The van der Waals surface area contributed by atoms with Gasteiger partial charge in [0.2, 0.25) is 0 Å². The third-order valence-electron chi connectivity index (χ3n) is 7.72. The summed E-state index contributed by atoms with van der Waals surface area (Å²) in [7, 11) is 0. The van der Waals surface area contributed by atoms with Gasteiger partial charge in [0, 0.05) is 39.7 Å². The normalized spacial score (nSPS) is 22.8. The summed E-state index contributed by atoms with van der Waals surface area (Å²) >= 11 is 8.12. The van der Waals surface area contributed by atoms with Crippen molar-refractivity contribution in [1.29, 1.82) is 5.41 Å². The predicted molar refractivity (Wildman–Crippen MR) is 174 cm³/mol. The van der Waals surface area contributed by atoms with Gasteiger partial charge in [-0.15, -0.1) is 0 Å². The number of thioether (sulfide) groups is 1. The van der Waals surface area contributed by atoms with E-state index in [0.717, 1.165) is 16.2 Å². The number of nitrogens with one attached hydrogen (secondary N) is 1. The van der Waals surface area contributed by atoms with Crippen LogP contribution in [0.15, 0.2) is 99.4 Å². The second-order valence-corrected chi connectivity index (χ2v) is 12.5. The Morgan fingerprint density at radius 2 is 2.02 bits per heavy atom. The summed E-state index contributed by atoms with van der Waals surface area (Å²) in [5.41, 5.74) is 2.15. The van der Waals surface area contributed by atoms with Crippen LogP contribution in [0.4, 0.5) is 13.6 Å². The first-order valence-electron chi connectivity index (χ1n) is 14.5. The van der Waals surface area contributed by atoms with Gasteiger partial charge < -0.3 is 15.0 Å². The van der Waals surface area contributed by atoms with E-state index in [1.807, 2.05) is 66.6 Å². The molecule has 2 saturated heterocycles. The third-order valence-corrected chi connectivity index (χ3v) is 9.12. The first kappa shape index (κ1) is 31.7. The van der Waals surface area contributed by atoms with Crippen molar-refractivity contribution in [2.45, 2.75) is 58.0 Å². The summed E-state index contributed by atoms with van der Waals surface area (Å²) in [5, 5.41) is 11.3. The Kier molecular flexibility index (Phi) is 9.75. The van der Waals surface area contributed by atoms with E-state index in [1.165, 1.54) is 30.8 Å². The quantitative estimate of drug-likeness (QED) is 0.265. The molecule has 0 aromatic heterocycles. The highest BCUT2D eigenvalue weighted by atomic mass is 35.5. The first-order chi connectivity index (χ1) is 21.1. The fourth-order valence-electron chi connectivity index (χ4n) is 5.79. The predicted octanol–water partition coefficient (Wildman–Crippen LogP) is 8.78. The number of ether oxygens (including phenoxy) is 1. The van der Waals surface area contributed by atoms with Crippen molar-refractivity contribution in [3.8, 4) is 0 Å². The second-order valence-electron chi connectivity index (χ2n) is 11.1. The molecule has 1 spiro atoms. The average Bonchev–Trinajstić information content (AvgIpc) is 3.50. The number of hydrogen-bond donors (Lipinski definition) is 1. The van der Waals surface area contributed by atoms with Crippen LogP contribution in [0.25, 0.3) is 0 Å². The molecule has 230 valence electrons. The summed E-state index contributed by atoms with van der Waals surface area (Å²) in [6.45, 7) is 6.45. The Labute approximate surface area is 266 Å². The van der Waals surface area contributed by atoms with Gasteiger partial charge in [0.1, 0.15) is 23.9 Å². The minimum atomic E-state index is -1.06. The maximum atomic E-state index is 14.2. The molecule has 3 atom stereocenters. The summed E-state index contributed by atoms with van der Waals surface area (Å²) in [4.78, 5) is 23.0. The fraction of sp³-hybridized carbons (Fsp3) is 0.324. The van der Waals surface area contributed by atoms with Gasteiger partial charge >= 0.3 is 6.09 Å². The SMILES string of the molecule is CC=C(S/C=C\C)C1=N[C@@H](c2ccc(F)cc2Cl)C(C(=N)/C=C\CC(C)F)=C2CC3(CN(Cc4ccccc4)C(=O)O3)CN12. The molecule has 2 aromatic rings. The largest absolute Gasteiger partial charge is 0.439 e. The number of alkyl halides is 1. The number of allylic oxidation sites excluding steroid dienone is 4. The Hall–Kier alpha value is -3.69. The van der Waals surface area contributed by atoms with Crippen molar-refractivity contribution in [1.82, 2.24) is 9.80 Å². The van der Waals surface area contributed by atoms with Gasteiger partial charge in [0.25, 0.3) is 0 Å². The third kappa shape index (κ3) is 6.69. The number of halogens is 3. The minimum Gasteiger partial charge on any atom is -0.439 e. The van der Waals surface area contributed by atoms with E-state index >= 15 is 0 Å². The average molecular weight is 637 g/mol. The van der Waals surface area contributed by atoms with E-state index in [2.05, 4.69) is 0 Å². The monoisotopic (exact) mass is 636 g/mol. The van der Waals surface area contributed by atoms with E-state index in [4.69, 9.17) is 26.7 Å². The zero-order chi connectivity index (χ0) is 31.4. The van der Waals surface area contributed by atoms with E-state index in [-0.39, 0.29) is 17.2 Å². The molecule has 44 heavy (non-hydrogen) atoms. The van der Waals surface area contributed by atoms with Crippen molar-refractivity contribution in [3.05, 3.63) is 116 Å². The number of aliphatic imine (C=N–C) groups is 1. The second kappa shape index (κ2) is 13.5. The van der Waals surface area contributed by atoms with Crippen LogP contribution in [0.1, 0.15) is 50.8 Å². The minimum absolute atomic E-state index is 0.143. The van der Waals surface area contributed by atoms with Crippen LogP contribution in [-0.4, -0.2) is 52.3 Å². The molecular formula is C34H35ClF2N4O2S. The number of carbonyl (C=O) groups excluding carboxylic acids is 1. The molecule has 0 saturated carbocycles. The molecule has 1 N–H and O–H groups in total. The molecule has 0 bridgehead atoms. The van der Waals surface area contributed by atoms with Gasteiger partial charge in [-0.3, -0.25) is 9.89 Å². The van der Waals surface area contributed by atoms with Crippen molar-refractivity contribution >= 4 is 41.0 Å².